The van der Waals surface area contributed by atoms with Crippen molar-refractivity contribution in [1.29, 1.82) is 0 Å². The molecule has 1 unspecified atom stereocenters. The van der Waals surface area contributed by atoms with E-state index in [1.807, 2.05) is 0 Å². The van der Waals surface area contributed by atoms with E-state index < -0.39 is 8.69 Å². The fraction of sp³-hybridized carbons (Fsp3) is 1.00. The summed E-state index contributed by atoms with van der Waals surface area (Å²) in [5.41, 5.74) is 0. The molecule has 0 heterocycles. The Hall–Kier alpha value is 0.592. The first-order valence-electron chi connectivity index (χ1n) is 2.66. The maximum atomic E-state index is 8.51. The van der Waals surface area contributed by atoms with Gasteiger partial charge in [0, 0.05) is 0 Å². The zero-order chi connectivity index (χ0) is 6.83. The third-order valence-corrected chi connectivity index (χ3v) is 1.73. The monoisotopic (exact) mass is 150 g/mol. The summed E-state index contributed by atoms with van der Waals surface area (Å²) in [6.07, 6.45) is 0. The minimum atomic E-state index is -1.17. The molecule has 0 aromatic carbocycles. The van der Waals surface area contributed by atoms with Crippen LogP contribution in [-0.2, 0) is 4.57 Å². The molecule has 0 bridgehead atoms. The molecule has 0 aliphatic carbocycles. The summed E-state index contributed by atoms with van der Waals surface area (Å²) < 4.78 is 8.51. The van der Waals surface area contributed by atoms with Gasteiger partial charge in [-0.1, -0.05) is 13.8 Å². The third-order valence-electron chi connectivity index (χ3n) is 0.577. The molecule has 0 saturated heterocycles. The first kappa shape index (κ1) is 11.4. The van der Waals surface area contributed by atoms with Crippen LogP contribution in [0.5, 0.6) is 0 Å². The number of hydrogen-bond donors (Lipinski definition) is 1. The van der Waals surface area contributed by atoms with Crippen molar-refractivity contribution in [1.82, 2.24) is 0 Å². The van der Waals surface area contributed by atoms with E-state index >= 15 is 0 Å². The van der Waals surface area contributed by atoms with Gasteiger partial charge in [0.15, 0.2) is 15.2 Å². The second-order valence-electron chi connectivity index (χ2n) is 1.20. The molecule has 0 aliphatic heterocycles. The normalized spacial score (nSPS) is 7.38. The van der Waals surface area contributed by atoms with Crippen LogP contribution >= 0.6 is 8.69 Å². The Morgan fingerprint density at radius 1 is 1.50 bits per heavy atom. The van der Waals surface area contributed by atoms with Crippen molar-refractivity contribution < 1.29 is 9.46 Å². The maximum Gasteiger partial charge on any atom is 0.491 e. The van der Waals surface area contributed by atoms with E-state index in [-0.39, 0.29) is 0 Å². The van der Waals surface area contributed by atoms with E-state index in [0.717, 1.165) is 15.2 Å². The van der Waals surface area contributed by atoms with Gasteiger partial charge in [-0.05, 0) is 4.57 Å². The van der Waals surface area contributed by atoms with Gasteiger partial charge >= 0.3 is 8.69 Å². The van der Waals surface area contributed by atoms with Crippen molar-refractivity contribution in [2.24, 2.45) is 0 Å². The molecule has 8 heavy (non-hydrogen) atoms. The van der Waals surface area contributed by atoms with Gasteiger partial charge < -0.3 is 0 Å². The second kappa shape index (κ2) is 15.6. The quantitative estimate of drug-likeness (QED) is 0.478. The average Bonchev–Trinajstić information content (AvgIpc) is 1.71. The maximum absolute atomic E-state index is 8.51. The lowest BCUT2D eigenvalue weighted by Gasteiger charge is -1.74. The summed E-state index contributed by atoms with van der Waals surface area (Å²) >= 11 is 0.815. The van der Waals surface area contributed by atoms with Crippen LogP contribution in [0.15, 0.2) is 0 Å². The predicted molar refractivity (Wildman–Crippen MR) is 37.9 cm³/mol. The van der Waals surface area contributed by atoms with Gasteiger partial charge in [0.05, 0.1) is 0 Å². The summed E-state index contributed by atoms with van der Waals surface area (Å²) in [6, 6.07) is 0. The Morgan fingerprint density at radius 2 is 1.75 bits per heavy atom. The molecule has 0 aliphatic rings. The SMILES string of the molecule is C[CH2][Al][CH2]C.O=[PH+]O. The van der Waals surface area contributed by atoms with E-state index in [9.17, 15) is 0 Å². The van der Waals surface area contributed by atoms with Crippen molar-refractivity contribution in [3.05, 3.63) is 0 Å². The molecule has 1 N–H and O–H groups in total. The zero-order valence-electron chi connectivity index (χ0n) is 5.35. The Balaban J connectivity index is 0. The largest absolute Gasteiger partial charge is 0.491 e. The smallest absolute Gasteiger partial charge is 0.162 e. The van der Waals surface area contributed by atoms with E-state index in [1.165, 1.54) is 10.6 Å². The van der Waals surface area contributed by atoms with Crippen molar-refractivity contribution >= 4 is 23.9 Å². The molecule has 0 rings (SSSR count). The first-order valence-corrected chi connectivity index (χ1v) is 5.15. The molecule has 0 amide bonds. The van der Waals surface area contributed by atoms with Crippen molar-refractivity contribution in [3.8, 4) is 0 Å². The molecule has 0 aromatic heterocycles. The van der Waals surface area contributed by atoms with Crippen LogP contribution in [0.4, 0.5) is 0 Å². The van der Waals surface area contributed by atoms with Gasteiger partial charge in [-0.15, -0.1) is 10.6 Å². The second-order valence-corrected chi connectivity index (χ2v) is 3.59. The van der Waals surface area contributed by atoms with E-state index in [2.05, 4.69) is 13.8 Å². The van der Waals surface area contributed by atoms with E-state index in [0.29, 0.717) is 0 Å². The molecule has 0 aromatic rings. The lowest BCUT2D eigenvalue weighted by molar-refractivity contribution is 0.524. The van der Waals surface area contributed by atoms with Crippen LogP contribution in [0.2, 0.25) is 10.6 Å². The van der Waals surface area contributed by atoms with Crippen molar-refractivity contribution in [2.75, 3.05) is 0 Å². The van der Waals surface area contributed by atoms with Gasteiger partial charge in [-0.2, -0.15) is 4.89 Å². The summed E-state index contributed by atoms with van der Waals surface area (Å²) in [4.78, 5) is 7.04. The molecule has 0 fully saturated rings. The van der Waals surface area contributed by atoms with E-state index in [4.69, 9.17) is 9.46 Å². The van der Waals surface area contributed by atoms with Crippen LogP contribution in [0.3, 0.4) is 0 Å². The fourth-order valence-electron chi connectivity index (χ4n) is 0.289. The van der Waals surface area contributed by atoms with Crippen LogP contribution in [-0.4, -0.2) is 20.1 Å². The Kier molecular flexibility index (Phi) is 22.3. The van der Waals surface area contributed by atoms with Crippen molar-refractivity contribution in [3.63, 3.8) is 0 Å². The lowest BCUT2D eigenvalue weighted by atomic mass is 10.9. The first-order chi connectivity index (χ1) is 3.83. The van der Waals surface area contributed by atoms with Crippen molar-refractivity contribution in [2.45, 2.75) is 24.4 Å². The third kappa shape index (κ3) is 30.7. The minimum absolute atomic E-state index is 0.815. The molecule has 4 heteroatoms. The highest BCUT2D eigenvalue weighted by atomic mass is 31.1. The van der Waals surface area contributed by atoms with E-state index in [1.54, 1.807) is 0 Å². The highest BCUT2D eigenvalue weighted by Crippen LogP contribution is 1.77. The molecule has 2 nitrogen and oxygen atoms in total. The molecular formula is C4H12AlO2P+. The summed E-state index contributed by atoms with van der Waals surface area (Å²) in [5, 5.41) is 2.85. The molecule has 0 saturated carbocycles. The van der Waals surface area contributed by atoms with Gasteiger partial charge in [0.25, 0.3) is 0 Å². The fourth-order valence-corrected chi connectivity index (χ4v) is 0.866. The molecule has 47 valence electrons. The number of hydrogen-bond acceptors (Lipinski definition) is 1. The lowest BCUT2D eigenvalue weighted by Crippen LogP contribution is -1.76. The summed E-state index contributed by atoms with van der Waals surface area (Å²) in [6.45, 7) is 4.50. The standard InChI is InChI=1S/2C2H5.Al.HO2P/c2*1-2;;1-3-2/h2*1H2,2H3;;3H/p+1. The number of rotatable bonds is 2. The molecule has 1 atom stereocenters. The van der Waals surface area contributed by atoms with Crippen LogP contribution in [0.25, 0.3) is 0 Å². The molecular weight excluding hydrogens is 138 g/mol. The van der Waals surface area contributed by atoms with Crippen LogP contribution < -0.4 is 0 Å². The van der Waals surface area contributed by atoms with Gasteiger partial charge in [-0.25, -0.2) is 0 Å². The Labute approximate surface area is 58.3 Å². The van der Waals surface area contributed by atoms with Gasteiger partial charge in [-0.3, -0.25) is 0 Å². The minimum Gasteiger partial charge on any atom is -0.162 e. The highest BCUT2D eigenvalue weighted by Gasteiger charge is 1.74. The zero-order valence-corrected chi connectivity index (χ0v) is 7.50. The van der Waals surface area contributed by atoms with Crippen LogP contribution in [0, 0.1) is 0 Å². The van der Waals surface area contributed by atoms with Crippen LogP contribution in [0.1, 0.15) is 13.8 Å². The highest BCUT2D eigenvalue weighted by molar-refractivity contribution is 7.16. The summed E-state index contributed by atoms with van der Waals surface area (Å²) in [5.74, 6) is 0. The topological polar surface area (TPSA) is 37.3 Å². The Bertz CT molecular complexity index is 41.0. The molecule has 1 radical (unpaired) electrons. The van der Waals surface area contributed by atoms with Gasteiger partial charge in [0.2, 0.25) is 0 Å². The average molecular weight is 150 g/mol. The summed E-state index contributed by atoms with van der Waals surface area (Å²) in [7, 11) is -1.17. The molecule has 0 spiro atoms. The van der Waals surface area contributed by atoms with Gasteiger partial charge in [0.1, 0.15) is 0 Å². The Morgan fingerprint density at radius 3 is 1.75 bits per heavy atom. The predicted octanol–water partition coefficient (Wildman–Crippen LogP) is 1.48.